The largest absolute Gasteiger partial charge is 0.221 e. The van der Waals surface area contributed by atoms with Crippen molar-refractivity contribution in [2.45, 2.75) is 0 Å². The van der Waals surface area contributed by atoms with Crippen LogP contribution in [-0.4, -0.2) is 15.0 Å². The van der Waals surface area contributed by atoms with Crippen molar-refractivity contribution in [2.24, 2.45) is 0 Å². The van der Waals surface area contributed by atoms with Crippen LogP contribution in [0.2, 0.25) is 0 Å². The predicted octanol–water partition coefficient (Wildman–Crippen LogP) is 1.87. The van der Waals surface area contributed by atoms with Crippen LogP contribution >= 0.6 is 22.6 Å². The highest BCUT2D eigenvalue weighted by Crippen LogP contribution is 2.10. The molecule has 0 N–H and O–H groups in total. The number of rotatable bonds is 1. The van der Waals surface area contributed by atoms with Crippen molar-refractivity contribution in [3.05, 3.63) is 40.2 Å². The molecule has 0 saturated heterocycles. The average molecular weight is 271 g/mol. The summed E-state index contributed by atoms with van der Waals surface area (Å²) in [5, 5.41) is 7.63. The molecule has 0 saturated carbocycles. The smallest absolute Gasteiger partial charge is 0.0697 e. The van der Waals surface area contributed by atoms with E-state index >= 15 is 0 Å². The molecule has 2 aromatic rings. The molecule has 0 unspecified atom stereocenters. The van der Waals surface area contributed by atoms with Crippen LogP contribution < -0.4 is 0 Å². The maximum atomic E-state index is 3.89. The molecular formula is C8H6IN3. The van der Waals surface area contributed by atoms with Gasteiger partial charge in [0.15, 0.2) is 0 Å². The van der Waals surface area contributed by atoms with Crippen LogP contribution in [0.3, 0.4) is 0 Å². The van der Waals surface area contributed by atoms with Gasteiger partial charge in [0.05, 0.1) is 18.1 Å². The molecule has 1 aromatic carbocycles. The van der Waals surface area contributed by atoms with Crippen molar-refractivity contribution in [3.63, 3.8) is 0 Å². The van der Waals surface area contributed by atoms with Gasteiger partial charge in [-0.05, 0) is 40.8 Å². The first-order chi connectivity index (χ1) is 5.86. The monoisotopic (exact) mass is 271 g/mol. The van der Waals surface area contributed by atoms with Crippen LogP contribution in [0.5, 0.6) is 0 Å². The van der Waals surface area contributed by atoms with Crippen LogP contribution in [0.1, 0.15) is 0 Å². The molecule has 0 bridgehead atoms. The highest BCUT2D eigenvalue weighted by atomic mass is 127. The lowest BCUT2D eigenvalue weighted by Crippen LogP contribution is -1.94. The molecule has 0 aliphatic rings. The van der Waals surface area contributed by atoms with E-state index in [4.69, 9.17) is 0 Å². The molecule has 0 spiro atoms. The second kappa shape index (κ2) is 3.22. The minimum Gasteiger partial charge on any atom is -0.221 e. The van der Waals surface area contributed by atoms with Gasteiger partial charge in [0, 0.05) is 3.57 Å². The van der Waals surface area contributed by atoms with E-state index in [-0.39, 0.29) is 0 Å². The third-order valence-corrected chi connectivity index (χ3v) is 2.17. The molecule has 12 heavy (non-hydrogen) atoms. The summed E-state index contributed by atoms with van der Waals surface area (Å²) in [7, 11) is 0. The first-order valence-corrected chi connectivity index (χ1v) is 4.56. The molecule has 0 amide bonds. The summed E-state index contributed by atoms with van der Waals surface area (Å²) < 4.78 is 2.93. The Balaban J connectivity index is 2.48. The van der Waals surface area contributed by atoms with Gasteiger partial charge in [0.25, 0.3) is 0 Å². The second-order valence-corrected chi connectivity index (χ2v) is 3.57. The lowest BCUT2D eigenvalue weighted by molar-refractivity contribution is 0.803. The Morgan fingerprint density at radius 2 is 2.25 bits per heavy atom. The lowest BCUT2D eigenvalue weighted by atomic mass is 10.3. The van der Waals surface area contributed by atoms with E-state index in [1.165, 1.54) is 3.57 Å². The van der Waals surface area contributed by atoms with Crippen molar-refractivity contribution < 1.29 is 0 Å². The molecule has 1 aromatic heterocycles. The quantitative estimate of drug-likeness (QED) is 0.741. The Morgan fingerprint density at radius 1 is 1.33 bits per heavy atom. The highest BCUT2D eigenvalue weighted by Gasteiger charge is 1.95. The fourth-order valence-electron chi connectivity index (χ4n) is 0.965. The Morgan fingerprint density at radius 3 is 2.92 bits per heavy atom. The van der Waals surface area contributed by atoms with Crippen molar-refractivity contribution in [3.8, 4) is 5.69 Å². The third kappa shape index (κ3) is 1.47. The lowest BCUT2D eigenvalue weighted by Gasteiger charge is -1.98. The first-order valence-electron chi connectivity index (χ1n) is 3.48. The van der Waals surface area contributed by atoms with Gasteiger partial charge in [-0.25, -0.2) is 4.68 Å². The zero-order valence-electron chi connectivity index (χ0n) is 6.18. The first kappa shape index (κ1) is 7.72. The van der Waals surface area contributed by atoms with Crippen molar-refractivity contribution in [1.82, 2.24) is 15.0 Å². The number of benzene rings is 1. The maximum Gasteiger partial charge on any atom is 0.0697 e. The van der Waals surface area contributed by atoms with Crippen LogP contribution in [0.15, 0.2) is 36.7 Å². The summed E-state index contributed by atoms with van der Waals surface area (Å²) >= 11 is 2.27. The van der Waals surface area contributed by atoms with Gasteiger partial charge < -0.3 is 0 Å². The SMILES string of the molecule is Ic1cccc(-n2ccnn2)c1. The fraction of sp³-hybridized carbons (Fsp3) is 0. The number of hydrogen-bond donors (Lipinski definition) is 0. The summed E-state index contributed by atoms with van der Waals surface area (Å²) in [6, 6.07) is 8.09. The van der Waals surface area contributed by atoms with Gasteiger partial charge in [-0.15, -0.1) is 5.10 Å². The van der Waals surface area contributed by atoms with E-state index in [2.05, 4.69) is 39.0 Å². The van der Waals surface area contributed by atoms with Crippen molar-refractivity contribution in [2.75, 3.05) is 0 Å². The van der Waals surface area contributed by atoms with Crippen LogP contribution in [0.25, 0.3) is 5.69 Å². The maximum absolute atomic E-state index is 3.89. The number of hydrogen-bond acceptors (Lipinski definition) is 2. The van der Waals surface area contributed by atoms with Gasteiger partial charge >= 0.3 is 0 Å². The molecule has 4 heteroatoms. The van der Waals surface area contributed by atoms with Gasteiger partial charge in [-0.3, -0.25) is 0 Å². The molecule has 2 rings (SSSR count). The standard InChI is InChI=1S/C8H6IN3/c9-7-2-1-3-8(6-7)12-5-4-10-11-12/h1-6H. The van der Waals surface area contributed by atoms with Gasteiger partial charge in [0.1, 0.15) is 0 Å². The molecule has 0 fully saturated rings. The van der Waals surface area contributed by atoms with Gasteiger partial charge in [-0.1, -0.05) is 11.3 Å². The molecule has 3 nitrogen and oxygen atoms in total. The summed E-state index contributed by atoms with van der Waals surface area (Å²) in [5.41, 5.74) is 1.04. The average Bonchev–Trinajstić information content (AvgIpc) is 2.56. The van der Waals surface area contributed by atoms with E-state index in [1.54, 1.807) is 10.9 Å². The fourth-order valence-corrected chi connectivity index (χ4v) is 1.49. The minimum absolute atomic E-state index is 1.04. The van der Waals surface area contributed by atoms with E-state index in [9.17, 15) is 0 Å². The highest BCUT2D eigenvalue weighted by molar-refractivity contribution is 14.1. The zero-order valence-corrected chi connectivity index (χ0v) is 8.34. The minimum atomic E-state index is 1.04. The normalized spacial score (nSPS) is 10.1. The van der Waals surface area contributed by atoms with E-state index in [1.807, 2.05) is 24.4 Å². The molecule has 0 atom stereocenters. The van der Waals surface area contributed by atoms with Crippen molar-refractivity contribution >= 4 is 22.6 Å². The number of nitrogens with zero attached hydrogens (tertiary/aromatic N) is 3. The molecule has 0 aliphatic heterocycles. The zero-order chi connectivity index (χ0) is 8.39. The summed E-state index contributed by atoms with van der Waals surface area (Å²) in [6.07, 6.45) is 3.49. The van der Waals surface area contributed by atoms with E-state index in [0.29, 0.717) is 0 Å². The van der Waals surface area contributed by atoms with Crippen LogP contribution in [-0.2, 0) is 0 Å². The molecule has 60 valence electrons. The van der Waals surface area contributed by atoms with Crippen molar-refractivity contribution in [1.29, 1.82) is 0 Å². The topological polar surface area (TPSA) is 30.7 Å². The Kier molecular flexibility index (Phi) is 2.07. The number of halogens is 1. The van der Waals surface area contributed by atoms with E-state index < -0.39 is 0 Å². The molecular weight excluding hydrogens is 265 g/mol. The second-order valence-electron chi connectivity index (χ2n) is 2.33. The molecule has 0 radical (unpaired) electrons. The summed E-state index contributed by atoms with van der Waals surface area (Å²) in [4.78, 5) is 0. The van der Waals surface area contributed by atoms with Crippen LogP contribution in [0, 0.1) is 3.57 Å². The predicted molar refractivity (Wildman–Crippen MR) is 54.1 cm³/mol. The van der Waals surface area contributed by atoms with Gasteiger partial charge in [-0.2, -0.15) is 0 Å². The van der Waals surface area contributed by atoms with E-state index in [0.717, 1.165) is 5.69 Å². The Hall–Kier alpha value is -0.910. The Labute approximate surface area is 83.5 Å². The summed E-state index contributed by atoms with van der Waals surface area (Å²) in [6.45, 7) is 0. The third-order valence-electron chi connectivity index (χ3n) is 1.50. The molecule has 1 heterocycles. The Bertz CT molecular complexity index is 370. The number of aromatic nitrogens is 3. The molecule has 0 aliphatic carbocycles. The van der Waals surface area contributed by atoms with Gasteiger partial charge in [0.2, 0.25) is 0 Å². The summed E-state index contributed by atoms with van der Waals surface area (Å²) in [5.74, 6) is 0. The van der Waals surface area contributed by atoms with Crippen LogP contribution in [0.4, 0.5) is 0 Å².